The van der Waals surface area contributed by atoms with E-state index in [9.17, 15) is 13.2 Å². The highest BCUT2D eigenvalue weighted by atomic mass is 32.2. The van der Waals surface area contributed by atoms with Gasteiger partial charge in [0.25, 0.3) is 0 Å². The Hall–Kier alpha value is -1.87. The van der Waals surface area contributed by atoms with Gasteiger partial charge in [-0.3, -0.25) is 4.99 Å². The van der Waals surface area contributed by atoms with Crippen LogP contribution >= 0.6 is 11.8 Å². The van der Waals surface area contributed by atoms with Gasteiger partial charge >= 0.3 is 12.1 Å². The molecule has 5 nitrogen and oxygen atoms in total. The van der Waals surface area contributed by atoms with E-state index in [-0.39, 0.29) is 12.0 Å². The summed E-state index contributed by atoms with van der Waals surface area (Å²) in [5.41, 5.74) is 7.81. The molecule has 2 heterocycles. The van der Waals surface area contributed by atoms with Crippen molar-refractivity contribution in [2.75, 3.05) is 5.75 Å². The molecule has 1 aliphatic rings. The molecule has 0 amide bonds. The number of benzene rings is 1. The number of aryl methyl sites for hydroxylation is 1. The van der Waals surface area contributed by atoms with Crippen molar-refractivity contribution >= 4 is 16.8 Å². The van der Waals surface area contributed by atoms with Gasteiger partial charge in [0.1, 0.15) is 6.17 Å². The lowest BCUT2D eigenvalue weighted by Crippen LogP contribution is -2.15. The summed E-state index contributed by atoms with van der Waals surface area (Å²) in [4.78, 5) is 7.69. The third-order valence-corrected chi connectivity index (χ3v) is 4.18. The smallest absolute Gasteiger partial charge is 0.329 e. The maximum Gasteiger partial charge on any atom is 0.471 e. The number of nitrogens with zero attached hydrogens (tertiary/aromatic N) is 3. The van der Waals surface area contributed by atoms with Gasteiger partial charge in [-0.15, -0.1) is 11.8 Å². The van der Waals surface area contributed by atoms with Crippen LogP contribution in [0.15, 0.2) is 27.7 Å². The van der Waals surface area contributed by atoms with Crippen molar-refractivity contribution in [2.45, 2.75) is 19.3 Å². The highest BCUT2D eigenvalue weighted by molar-refractivity contribution is 8.14. The molecule has 2 aromatic rings. The largest absolute Gasteiger partial charge is 0.471 e. The number of rotatable bonds is 2. The summed E-state index contributed by atoms with van der Waals surface area (Å²) in [6.45, 7) is 1.77. The minimum absolute atomic E-state index is 0.0888. The van der Waals surface area contributed by atoms with Crippen molar-refractivity contribution in [3.05, 3.63) is 35.2 Å². The molecular formula is C13H11F3N4OS. The lowest BCUT2D eigenvalue weighted by molar-refractivity contribution is -0.159. The van der Waals surface area contributed by atoms with Gasteiger partial charge in [-0.25, -0.2) is 0 Å². The molecule has 0 bridgehead atoms. The van der Waals surface area contributed by atoms with Crippen LogP contribution in [0.1, 0.15) is 17.0 Å². The van der Waals surface area contributed by atoms with Gasteiger partial charge < -0.3 is 10.3 Å². The van der Waals surface area contributed by atoms with Gasteiger partial charge in [-0.05, 0) is 18.6 Å². The van der Waals surface area contributed by atoms with E-state index in [1.165, 1.54) is 0 Å². The fourth-order valence-electron chi connectivity index (χ4n) is 2.04. The molecule has 0 spiro atoms. The summed E-state index contributed by atoms with van der Waals surface area (Å²) in [6, 6.07) is 5.24. The second kappa shape index (κ2) is 5.40. The molecular weight excluding hydrogens is 317 g/mol. The van der Waals surface area contributed by atoms with Crippen LogP contribution in [-0.2, 0) is 6.18 Å². The number of aromatic nitrogens is 2. The van der Waals surface area contributed by atoms with Crippen LogP contribution in [-0.4, -0.2) is 27.1 Å². The Kier molecular flexibility index (Phi) is 3.69. The summed E-state index contributed by atoms with van der Waals surface area (Å²) in [6.07, 6.45) is -4.86. The molecule has 0 radical (unpaired) electrons. The molecule has 0 fully saturated rings. The number of thioether (sulfide) groups is 1. The van der Waals surface area contributed by atoms with E-state index in [0.717, 1.165) is 21.9 Å². The lowest BCUT2D eigenvalue weighted by atomic mass is 10.1. The topological polar surface area (TPSA) is 77.3 Å². The molecule has 1 atom stereocenters. The molecule has 1 unspecified atom stereocenters. The van der Waals surface area contributed by atoms with E-state index in [1.54, 1.807) is 30.8 Å². The van der Waals surface area contributed by atoms with Crippen LogP contribution in [0, 0.1) is 6.92 Å². The van der Waals surface area contributed by atoms with Crippen molar-refractivity contribution in [2.24, 2.45) is 10.7 Å². The minimum Gasteiger partial charge on any atom is -0.329 e. The summed E-state index contributed by atoms with van der Waals surface area (Å²) >= 11 is 1.55. The van der Waals surface area contributed by atoms with E-state index in [1.807, 2.05) is 6.07 Å². The Bertz CT molecular complexity index is 741. The van der Waals surface area contributed by atoms with Crippen molar-refractivity contribution in [1.82, 2.24) is 10.1 Å². The zero-order chi connectivity index (χ0) is 15.9. The predicted molar refractivity (Wildman–Crippen MR) is 76.4 cm³/mol. The first-order chi connectivity index (χ1) is 10.3. The zero-order valence-corrected chi connectivity index (χ0v) is 12.2. The fraction of sp³-hybridized carbons (Fsp3) is 0.308. The normalized spacial score (nSPS) is 18.6. The van der Waals surface area contributed by atoms with Crippen LogP contribution in [0.25, 0.3) is 11.4 Å². The second-order valence-electron chi connectivity index (χ2n) is 4.76. The maximum absolute atomic E-state index is 12.5. The molecule has 116 valence electrons. The monoisotopic (exact) mass is 328 g/mol. The van der Waals surface area contributed by atoms with Crippen LogP contribution in [0.3, 0.4) is 0 Å². The third kappa shape index (κ3) is 2.86. The Morgan fingerprint density at radius 1 is 1.36 bits per heavy atom. The van der Waals surface area contributed by atoms with Gasteiger partial charge in [0.15, 0.2) is 0 Å². The fourth-order valence-corrected chi connectivity index (χ4v) is 2.95. The molecule has 0 aliphatic carbocycles. The molecule has 2 N–H and O–H groups in total. The van der Waals surface area contributed by atoms with Crippen molar-refractivity contribution in [1.29, 1.82) is 0 Å². The number of hydrogen-bond donors (Lipinski definition) is 1. The quantitative estimate of drug-likeness (QED) is 0.917. The molecule has 9 heteroatoms. The Labute approximate surface area is 127 Å². The molecule has 0 saturated heterocycles. The summed E-state index contributed by atoms with van der Waals surface area (Å²) in [7, 11) is 0. The maximum atomic E-state index is 12.5. The van der Waals surface area contributed by atoms with Crippen molar-refractivity contribution < 1.29 is 17.7 Å². The van der Waals surface area contributed by atoms with E-state index < -0.39 is 12.1 Å². The first kappa shape index (κ1) is 15.0. The number of aliphatic imine (C=N–C) groups is 1. The first-order valence-electron chi connectivity index (χ1n) is 6.33. The highest BCUT2D eigenvalue weighted by Crippen LogP contribution is 2.31. The first-order valence-corrected chi connectivity index (χ1v) is 7.31. The lowest BCUT2D eigenvalue weighted by Gasteiger charge is -2.05. The van der Waals surface area contributed by atoms with Crippen LogP contribution in [0.5, 0.6) is 0 Å². The van der Waals surface area contributed by atoms with Crippen LogP contribution in [0.4, 0.5) is 13.2 Å². The molecule has 3 rings (SSSR count). The Balaban J connectivity index is 1.93. The van der Waals surface area contributed by atoms with Gasteiger partial charge in [0.05, 0.1) is 5.04 Å². The molecule has 1 aromatic heterocycles. The summed E-state index contributed by atoms with van der Waals surface area (Å²) < 4.78 is 41.7. The average Bonchev–Trinajstić information content (AvgIpc) is 3.06. The molecule has 1 aliphatic heterocycles. The van der Waals surface area contributed by atoms with Crippen molar-refractivity contribution in [3.8, 4) is 11.4 Å². The number of nitrogens with two attached hydrogens (primary N) is 1. The van der Waals surface area contributed by atoms with E-state index in [0.29, 0.717) is 5.56 Å². The third-order valence-electron chi connectivity index (χ3n) is 3.06. The summed E-state index contributed by atoms with van der Waals surface area (Å²) in [5.74, 6) is -0.725. The zero-order valence-electron chi connectivity index (χ0n) is 11.4. The standard InChI is InChI=1S/C13H11F3N4OS/c1-6-4-7(11-18-9(17)5-22-11)2-3-8(6)10-19-12(21-20-10)13(14,15)16/h2-4,9H,5,17H2,1H3. The van der Waals surface area contributed by atoms with E-state index in [4.69, 9.17) is 5.73 Å². The van der Waals surface area contributed by atoms with Gasteiger partial charge in [-0.1, -0.05) is 17.3 Å². The molecule has 0 saturated carbocycles. The van der Waals surface area contributed by atoms with Crippen LogP contribution in [0.2, 0.25) is 0 Å². The average molecular weight is 328 g/mol. The Morgan fingerprint density at radius 3 is 2.68 bits per heavy atom. The Morgan fingerprint density at radius 2 is 2.14 bits per heavy atom. The predicted octanol–water partition coefficient (Wildman–Crippen LogP) is 2.84. The second-order valence-corrected chi connectivity index (χ2v) is 5.77. The van der Waals surface area contributed by atoms with Crippen LogP contribution < -0.4 is 5.73 Å². The van der Waals surface area contributed by atoms with Gasteiger partial charge in [0.2, 0.25) is 5.82 Å². The number of hydrogen-bond acceptors (Lipinski definition) is 6. The van der Waals surface area contributed by atoms with Gasteiger partial charge in [0, 0.05) is 16.9 Å². The minimum atomic E-state index is -4.65. The number of alkyl halides is 3. The highest BCUT2D eigenvalue weighted by Gasteiger charge is 2.38. The molecule has 1 aromatic carbocycles. The summed E-state index contributed by atoms with van der Waals surface area (Å²) in [5, 5.41) is 4.22. The van der Waals surface area contributed by atoms with E-state index in [2.05, 4.69) is 19.7 Å². The van der Waals surface area contributed by atoms with Crippen molar-refractivity contribution in [3.63, 3.8) is 0 Å². The van der Waals surface area contributed by atoms with E-state index >= 15 is 0 Å². The van der Waals surface area contributed by atoms with Gasteiger partial charge in [-0.2, -0.15) is 18.2 Å². The number of halogens is 3. The SMILES string of the molecule is Cc1cc(C2=NC(N)CS2)ccc1-c1noc(C(F)(F)F)n1. The molecule has 22 heavy (non-hydrogen) atoms.